The summed E-state index contributed by atoms with van der Waals surface area (Å²) >= 11 is 6.22. The minimum atomic E-state index is -0.267. The van der Waals surface area contributed by atoms with E-state index in [9.17, 15) is 4.79 Å². The average Bonchev–Trinajstić information content (AvgIpc) is 2.63. The summed E-state index contributed by atoms with van der Waals surface area (Å²) < 4.78 is 4.99. The standard InChI is InChI=1S/C17H13ClN4O2/c1-24-16-5-3-13(9-21-16)22-17(23)11-2-4-15(18)14(6-11)12-7-19-10-20-8-12/h2-10H,1H3,(H,22,23). The number of carbonyl (C=O) groups excluding carboxylic acids is 1. The normalized spacial score (nSPS) is 10.2. The van der Waals surface area contributed by atoms with Gasteiger partial charge >= 0.3 is 0 Å². The van der Waals surface area contributed by atoms with Gasteiger partial charge in [0.25, 0.3) is 5.91 Å². The summed E-state index contributed by atoms with van der Waals surface area (Å²) in [5.74, 6) is 0.211. The quantitative estimate of drug-likeness (QED) is 0.787. The number of rotatable bonds is 4. The molecule has 1 amide bonds. The van der Waals surface area contributed by atoms with Crippen molar-refractivity contribution in [3.63, 3.8) is 0 Å². The highest BCUT2D eigenvalue weighted by molar-refractivity contribution is 6.33. The van der Waals surface area contributed by atoms with Crippen molar-refractivity contribution >= 4 is 23.2 Å². The molecule has 2 aromatic heterocycles. The molecular weight excluding hydrogens is 328 g/mol. The molecule has 3 rings (SSSR count). The number of anilines is 1. The third-order valence-corrected chi connectivity index (χ3v) is 3.63. The lowest BCUT2D eigenvalue weighted by atomic mass is 10.1. The Kier molecular flexibility index (Phi) is 4.67. The molecule has 0 aliphatic carbocycles. The molecule has 1 N–H and O–H groups in total. The number of nitrogens with one attached hydrogen (secondary N) is 1. The van der Waals surface area contributed by atoms with Crippen LogP contribution >= 0.6 is 11.6 Å². The van der Waals surface area contributed by atoms with E-state index in [2.05, 4.69) is 20.3 Å². The van der Waals surface area contributed by atoms with Crippen LogP contribution in [0.5, 0.6) is 5.88 Å². The van der Waals surface area contributed by atoms with Crippen LogP contribution in [0.15, 0.2) is 55.2 Å². The highest BCUT2D eigenvalue weighted by Gasteiger charge is 2.11. The first-order chi connectivity index (χ1) is 11.7. The first-order valence-electron chi connectivity index (χ1n) is 7.03. The molecule has 3 aromatic rings. The average molecular weight is 341 g/mol. The van der Waals surface area contributed by atoms with Crippen LogP contribution in [0.1, 0.15) is 10.4 Å². The number of benzene rings is 1. The Labute approximate surface area is 143 Å². The molecule has 0 atom stereocenters. The lowest BCUT2D eigenvalue weighted by Gasteiger charge is -2.09. The van der Waals surface area contributed by atoms with Gasteiger partial charge in [0.15, 0.2) is 0 Å². The second-order valence-electron chi connectivity index (χ2n) is 4.87. The van der Waals surface area contributed by atoms with E-state index in [1.54, 1.807) is 42.7 Å². The van der Waals surface area contributed by atoms with Crippen molar-refractivity contribution in [3.8, 4) is 17.0 Å². The predicted octanol–water partition coefficient (Wildman–Crippen LogP) is 3.45. The molecule has 0 radical (unpaired) electrons. The van der Waals surface area contributed by atoms with Crippen LogP contribution in [0.25, 0.3) is 11.1 Å². The molecule has 6 nitrogen and oxygen atoms in total. The van der Waals surface area contributed by atoms with Crippen molar-refractivity contribution < 1.29 is 9.53 Å². The van der Waals surface area contributed by atoms with Gasteiger partial charge < -0.3 is 10.1 Å². The number of carbonyl (C=O) groups is 1. The largest absolute Gasteiger partial charge is 0.481 e. The van der Waals surface area contributed by atoms with Gasteiger partial charge in [0.2, 0.25) is 5.88 Å². The first kappa shape index (κ1) is 15.9. The molecule has 0 unspecified atom stereocenters. The van der Waals surface area contributed by atoms with Crippen molar-refractivity contribution in [2.45, 2.75) is 0 Å². The van der Waals surface area contributed by atoms with Crippen molar-refractivity contribution in [2.75, 3.05) is 12.4 Å². The zero-order chi connectivity index (χ0) is 16.9. The van der Waals surface area contributed by atoms with E-state index in [4.69, 9.17) is 16.3 Å². The Morgan fingerprint density at radius 3 is 2.58 bits per heavy atom. The zero-order valence-electron chi connectivity index (χ0n) is 12.7. The molecule has 0 aliphatic heterocycles. The number of methoxy groups -OCH3 is 1. The van der Waals surface area contributed by atoms with Crippen molar-refractivity contribution in [3.05, 3.63) is 65.8 Å². The van der Waals surface area contributed by atoms with E-state index >= 15 is 0 Å². The fraction of sp³-hybridized carbons (Fsp3) is 0.0588. The van der Waals surface area contributed by atoms with Gasteiger partial charge in [0.1, 0.15) is 6.33 Å². The lowest BCUT2D eigenvalue weighted by Crippen LogP contribution is -2.12. The summed E-state index contributed by atoms with van der Waals surface area (Å²) in [7, 11) is 1.53. The van der Waals surface area contributed by atoms with Gasteiger partial charge in [-0.2, -0.15) is 0 Å². The van der Waals surface area contributed by atoms with Gasteiger partial charge in [-0.15, -0.1) is 0 Å². The number of aromatic nitrogens is 3. The van der Waals surface area contributed by atoms with E-state index in [1.807, 2.05) is 0 Å². The molecule has 24 heavy (non-hydrogen) atoms. The highest BCUT2D eigenvalue weighted by atomic mass is 35.5. The Balaban J connectivity index is 1.85. The number of amides is 1. The Bertz CT molecular complexity index is 854. The maximum Gasteiger partial charge on any atom is 0.255 e. The molecule has 2 heterocycles. The van der Waals surface area contributed by atoms with Gasteiger partial charge in [-0.3, -0.25) is 4.79 Å². The third kappa shape index (κ3) is 3.49. The Morgan fingerprint density at radius 1 is 1.12 bits per heavy atom. The van der Waals surface area contributed by atoms with E-state index < -0.39 is 0 Å². The molecule has 0 fully saturated rings. The summed E-state index contributed by atoms with van der Waals surface area (Å²) in [6.07, 6.45) is 6.25. The summed E-state index contributed by atoms with van der Waals surface area (Å²) in [6, 6.07) is 8.41. The molecule has 0 saturated carbocycles. The van der Waals surface area contributed by atoms with Gasteiger partial charge in [0.05, 0.1) is 19.0 Å². The van der Waals surface area contributed by atoms with Crippen LogP contribution < -0.4 is 10.1 Å². The monoisotopic (exact) mass is 340 g/mol. The molecule has 0 saturated heterocycles. The van der Waals surface area contributed by atoms with Crippen LogP contribution in [-0.2, 0) is 0 Å². The number of pyridine rings is 1. The minimum Gasteiger partial charge on any atom is -0.481 e. The van der Waals surface area contributed by atoms with Crippen LogP contribution in [0.2, 0.25) is 5.02 Å². The van der Waals surface area contributed by atoms with Crippen LogP contribution in [0.4, 0.5) is 5.69 Å². The van der Waals surface area contributed by atoms with E-state index in [1.165, 1.54) is 19.6 Å². The van der Waals surface area contributed by atoms with Gasteiger partial charge in [-0.25, -0.2) is 15.0 Å². The highest BCUT2D eigenvalue weighted by Crippen LogP contribution is 2.28. The van der Waals surface area contributed by atoms with Crippen LogP contribution in [0.3, 0.4) is 0 Å². The second kappa shape index (κ2) is 7.06. The van der Waals surface area contributed by atoms with Gasteiger partial charge in [-0.1, -0.05) is 11.6 Å². The molecule has 0 aliphatic rings. The molecular formula is C17H13ClN4O2. The van der Waals surface area contributed by atoms with Crippen LogP contribution in [-0.4, -0.2) is 28.0 Å². The molecule has 120 valence electrons. The number of ether oxygens (including phenoxy) is 1. The molecule has 1 aromatic carbocycles. The van der Waals surface area contributed by atoms with E-state index in [0.29, 0.717) is 27.7 Å². The number of hydrogen-bond donors (Lipinski definition) is 1. The van der Waals surface area contributed by atoms with Crippen molar-refractivity contribution in [1.82, 2.24) is 15.0 Å². The number of nitrogens with zero attached hydrogens (tertiary/aromatic N) is 3. The summed E-state index contributed by atoms with van der Waals surface area (Å²) in [6.45, 7) is 0. The number of hydrogen-bond acceptors (Lipinski definition) is 5. The van der Waals surface area contributed by atoms with Gasteiger partial charge in [-0.05, 0) is 24.3 Å². The van der Waals surface area contributed by atoms with Crippen molar-refractivity contribution in [2.24, 2.45) is 0 Å². The topological polar surface area (TPSA) is 77.0 Å². The van der Waals surface area contributed by atoms with E-state index in [-0.39, 0.29) is 5.91 Å². The minimum absolute atomic E-state index is 0.267. The Morgan fingerprint density at radius 2 is 1.92 bits per heavy atom. The fourth-order valence-electron chi connectivity index (χ4n) is 2.10. The molecule has 0 spiro atoms. The third-order valence-electron chi connectivity index (χ3n) is 3.30. The smallest absolute Gasteiger partial charge is 0.255 e. The van der Waals surface area contributed by atoms with E-state index in [0.717, 1.165) is 5.56 Å². The summed E-state index contributed by atoms with van der Waals surface area (Å²) in [5, 5.41) is 3.30. The number of halogens is 1. The fourth-order valence-corrected chi connectivity index (χ4v) is 2.33. The summed E-state index contributed by atoms with van der Waals surface area (Å²) in [5.41, 5.74) is 2.47. The van der Waals surface area contributed by atoms with Gasteiger partial charge in [0, 0.05) is 40.2 Å². The maximum absolute atomic E-state index is 12.4. The lowest BCUT2D eigenvalue weighted by molar-refractivity contribution is 0.102. The first-order valence-corrected chi connectivity index (χ1v) is 7.41. The second-order valence-corrected chi connectivity index (χ2v) is 5.27. The SMILES string of the molecule is COc1ccc(NC(=O)c2ccc(Cl)c(-c3cncnc3)c2)cn1. The Hall–Kier alpha value is -2.99. The molecule has 0 bridgehead atoms. The zero-order valence-corrected chi connectivity index (χ0v) is 13.5. The molecule has 7 heteroatoms. The predicted molar refractivity (Wildman–Crippen MR) is 91.2 cm³/mol. The maximum atomic E-state index is 12.4. The van der Waals surface area contributed by atoms with Crippen molar-refractivity contribution in [1.29, 1.82) is 0 Å². The summed E-state index contributed by atoms with van der Waals surface area (Å²) in [4.78, 5) is 24.4. The van der Waals surface area contributed by atoms with Crippen LogP contribution in [0, 0.1) is 0 Å².